The summed E-state index contributed by atoms with van der Waals surface area (Å²) in [6.45, 7) is 4.71. The highest BCUT2D eigenvalue weighted by atomic mass is 15.1. The number of fused-ring (bicyclic) bond motifs is 6. The lowest BCUT2D eigenvalue weighted by molar-refractivity contribution is 0.660. The Morgan fingerprint density at radius 1 is 0.273 bits per heavy atom. The lowest BCUT2D eigenvalue weighted by Crippen LogP contribution is -2.16. The van der Waals surface area contributed by atoms with E-state index in [-0.39, 0.29) is 5.41 Å². The molecular formula is C64H48N2. The van der Waals surface area contributed by atoms with E-state index in [0.29, 0.717) is 0 Å². The number of benzene rings is 10. The van der Waals surface area contributed by atoms with Crippen LogP contribution < -0.4 is 9.80 Å². The van der Waals surface area contributed by atoms with Gasteiger partial charge in [-0.1, -0.05) is 184 Å². The quantitative estimate of drug-likeness (QED) is 0.143. The number of anilines is 6. The molecular weight excluding hydrogens is 797 g/mol. The zero-order valence-corrected chi connectivity index (χ0v) is 37.2. The Morgan fingerprint density at radius 2 is 0.621 bits per heavy atom. The van der Waals surface area contributed by atoms with Gasteiger partial charge in [0.15, 0.2) is 0 Å². The smallest absolute Gasteiger partial charge is 0.0465 e. The molecule has 0 unspecified atom stereocenters. The molecule has 314 valence electrons. The van der Waals surface area contributed by atoms with Crippen molar-refractivity contribution in [1.82, 2.24) is 0 Å². The Kier molecular flexibility index (Phi) is 9.61. The van der Waals surface area contributed by atoms with Crippen LogP contribution in [0.5, 0.6) is 0 Å². The minimum Gasteiger partial charge on any atom is -0.310 e. The van der Waals surface area contributed by atoms with Gasteiger partial charge < -0.3 is 9.80 Å². The fourth-order valence-electron chi connectivity index (χ4n) is 10.5. The van der Waals surface area contributed by atoms with Crippen molar-refractivity contribution >= 4 is 34.1 Å². The standard InChI is InChI=1S/C64H48N2/c1-64(2)62-20-12-11-19-60(62)61-40-38-57(43-63(61)64)66(54-31-23-47(24-32-54)45-15-7-4-8-16-45)55-35-27-49(28-36-55)48-25-33-53(34-26-48)65(52-29-21-46(22-30-52)44-13-5-3-6-14-44)56-37-39-59-51(42-56)41-50-17-9-10-18-58(50)59/h3-40,42-43H,41H2,1-2H3. The topological polar surface area (TPSA) is 6.48 Å². The molecule has 0 bridgehead atoms. The number of nitrogens with zero attached hydrogens (tertiary/aromatic N) is 2. The molecule has 2 nitrogen and oxygen atoms in total. The second kappa shape index (κ2) is 16.1. The summed E-state index contributed by atoms with van der Waals surface area (Å²) in [4.78, 5) is 4.79. The van der Waals surface area contributed by atoms with Crippen molar-refractivity contribution in [3.05, 3.63) is 265 Å². The van der Waals surface area contributed by atoms with Crippen LogP contribution in [0.2, 0.25) is 0 Å². The van der Waals surface area contributed by atoms with Crippen molar-refractivity contribution in [1.29, 1.82) is 0 Å². The summed E-state index contributed by atoms with van der Waals surface area (Å²) in [5.41, 5.74) is 24.7. The SMILES string of the molecule is CC1(C)c2ccccc2-c2ccc(N(c3ccc(-c4ccccc4)cc3)c3ccc(-c4ccc(N(c5ccc(-c6ccccc6)cc5)c5ccc6c(c5)Cc5ccccc5-6)cc4)cc3)cc21. The van der Waals surface area contributed by atoms with E-state index in [0.717, 1.165) is 40.5 Å². The normalized spacial score (nSPS) is 12.8. The van der Waals surface area contributed by atoms with E-state index in [1.54, 1.807) is 0 Å². The molecule has 0 heterocycles. The van der Waals surface area contributed by atoms with Crippen molar-refractivity contribution < 1.29 is 0 Å². The summed E-state index contributed by atoms with van der Waals surface area (Å²) in [5, 5.41) is 0. The van der Waals surface area contributed by atoms with Gasteiger partial charge in [-0.3, -0.25) is 0 Å². The highest BCUT2D eigenvalue weighted by Crippen LogP contribution is 2.51. The zero-order valence-electron chi connectivity index (χ0n) is 37.2. The Bertz CT molecular complexity index is 3370. The monoisotopic (exact) mass is 844 g/mol. The molecule has 2 aliphatic rings. The van der Waals surface area contributed by atoms with Gasteiger partial charge in [0.05, 0.1) is 0 Å². The molecule has 10 aromatic carbocycles. The van der Waals surface area contributed by atoms with Gasteiger partial charge in [-0.05, 0) is 157 Å². The molecule has 2 aliphatic carbocycles. The van der Waals surface area contributed by atoms with E-state index in [4.69, 9.17) is 0 Å². The maximum absolute atomic E-state index is 2.41. The van der Waals surface area contributed by atoms with Gasteiger partial charge in [0.1, 0.15) is 0 Å². The second-order valence-electron chi connectivity index (χ2n) is 18.2. The molecule has 0 atom stereocenters. The van der Waals surface area contributed by atoms with Crippen LogP contribution in [-0.2, 0) is 11.8 Å². The molecule has 2 heteroatoms. The van der Waals surface area contributed by atoms with Crippen LogP contribution in [0.3, 0.4) is 0 Å². The fraction of sp³-hybridized carbons (Fsp3) is 0.0625. The summed E-state index contributed by atoms with van der Waals surface area (Å²) in [7, 11) is 0. The molecule has 0 aromatic heterocycles. The molecule has 10 aromatic rings. The summed E-state index contributed by atoms with van der Waals surface area (Å²) >= 11 is 0. The largest absolute Gasteiger partial charge is 0.310 e. The van der Waals surface area contributed by atoms with Crippen molar-refractivity contribution in [2.24, 2.45) is 0 Å². The third-order valence-electron chi connectivity index (χ3n) is 13.9. The molecule has 0 saturated carbocycles. The maximum Gasteiger partial charge on any atom is 0.0465 e. The van der Waals surface area contributed by atoms with Crippen LogP contribution in [0.1, 0.15) is 36.1 Å². The van der Waals surface area contributed by atoms with E-state index >= 15 is 0 Å². The Labute approximate surface area is 388 Å². The molecule has 12 rings (SSSR count). The third kappa shape index (κ3) is 6.90. The Balaban J connectivity index is 0.888. The van der Waals surface area contributed by atoms with Crippen molar-refractivity contribution in [2.75, 3.05) is 9.80 Å². The van der Waals surface area contributed by atoms with Gasteiger partial charge in [0, 0.05) is 39.5 Å². The van der Waals surface area contributed by atoms with E-state index in [2.05, 4.69) is 266 Å². The van der Waals surface area contributed by atoms with Gasteiger partial charge in [0.2, 0.25) is 0 Å². The van der Waals surface area contributed by atoms with Crippen LogP contribution in [0.4, 0.5) is 34.1 Å². The van der Waals surface area contributed by atoms with E-state index < -0.39 is 0 Å². The Hall–Kier alpha value is -8.20. The second-order valence-corrected chi connectivity index (χ2v) is 18.2. The Morgan fingerprint density at radius 3 is 1.12 bits per heavy atom. The molecule has 0 amide bonds. The first-order chi connectivity index (χ1) is 32.5. The summed E-state index contributed by atoms with van der Waals surface area (Å²) in [6, 6.07) is 89.0. The van der Waals surface area contributed by atoms with E-state index in [9.17, 15) is 0 Å². The zero-order chi connectivity index (χ0) is 44.2. The minimum atomic E-state index is -0.103. The van der Waals surface area contributed by atoms with Gasteiger partial charge >= 0.3 is 0 Å². The minimum absolute atomic E-state index is 0.103. The van der Waals surface area contributed by atoms with Crippen LogP contribution in [0.15, 0.2) is 243 Å². The van der Waals surface area contributed by atoms with Crippen LogP contribution in [-0.4, -0.2) is 0 Å². The highest BCUT2D eigenvalue weighted by Gasteiger charge is 2.35. The number of rotatable bonds is 9. The predicted octanol–water partition coefficient (Wildman–Crippen LogP) is 17.5. The van der Waals surface area contributed by atoms with Crippen LogP contribution >= 0.6 is 0 Å². The molecule has 0 spiro atoms. The van der Waals surface area contributed by atoms with Crippen molar-refractivity contribution in [3.63, 3.8) is 0 Å². The van der Waals surface area contributed by atoms with Gasteiger partial charge in [-0.25, -0.2) is 0 Å². The molecule has 0 radical (unpaired) electrons. The molecule has 0 N–H and O–H groups in total. The first-order valence-corrected chi connectivity index (χ1v) is 23.0. The highest BCUT2D eigenvalue weighted by molar-refractivity contribution is 5.88. The molecule has 66 heavy (non-hydrogen) atoms. The summed E-state index contributed by atoms with van der Waals surface area (Å²) in [6.07, 6.45) is 0.949. The molecule has 0 aliphatic heterocycles. The van der Waals surface area contributed by atoms with E-state index in [1.165, 1.54) is 77.9 Å². The third-order valence-corrected chi connectivity index (χ3v) is 13.9. The van der Waals surface area contributed by atoms with E-state index in [1.807, 2.05) is 0 Å². The van der Waals surface area contributed by atoms with Gasteiger partial charge in [0.25, 0.3) is 0 Å². The number of hydrogen-bond acceptors (Lipinski definition) is 2. The lowest BCUT2D eigenvalue weighted by atomic mass is 9.82. The number of hydrogen-bond donors (Lipinski definition) is 0. The van der Waals surface area contributed by atoms with Gasteiger partial charge in [-0.15, -0.1) is 0 Å². The lowest BCUT2D eigenvalue weighted by Gasteiger charge is -2.28. The van der Waals surface area contributed by atoms with Crippen LogP contribution in [0.25, 0.3) is 55.6 Å². The molecule has 0 saturated heterocycles. The van der Waals surface area contributed by atoms with Crippen molar-refractivity contribution in [2.45, 2.75) is 25.7 Å². The first kappa shape index (κ1) is 39.4. The average Bonchev–Trinajstić information content (AvgIpc) is 3.86. The molecule has 0 fully saturated rings. The predicted molar refractivity (Wildman–Crippen MR) is 278 cm³/mol. The summed E-state index contributed by atoms with van der Waals surface area (Å²) in [5.74, 6) is 0. The first-order valence-electron chi connectivity index (χ1n) is 23.0. The van der Waals surface area contributed by atoms with Crippen LogP contribution in [0, 0.1) is 0 Å². The summed E-state index contributed by atoms with van der Waals surface area (Å²) < 4.78 is 0. The fourth-order valence-corrected chi connectivity index (χ4v) is 10.5. The van der Waals surface area contributed by atoms with Crippen molar-refractivity contribution in [3.8, 4) is 55.6 Å². The maximum atomic E-state index is 2.41. The average molecular weight is 845 g/mol. The van der Waals surface area contributed by atoms with Gasteiger partial charge in [-0.2, -0.15) is 0 Å².